The van der Waals surface area contributed by atoms with Crippen molar-refractivity contribution in [2.45, 2.75) is 32.1 Å². The molecular formula is C13H15ClN2OS. The highest BCUT2D eigenvalue weighted by molar-refractivity contribution is 7.22. The summed E-state index contributed by atoms with van der Waals surface area (Å²) in [5.74, 6) is 0.261. The van der Waals surface area contributed by atoms with Crippen molar-refractivity contribution < 1.29 is 4.79 Å². The third kappa shape index (κ3) is 2.82. The van der Waals surface area contributed by atoms with Crippen molar-refractivity contribution in [3.05, 3.63) is 23.8 Å². The number of carbonyl (C=O) groups is 1. The van der Waals surface area contributed by atoms with Gasteiger partial charge in [-0.1, -0.05) is 31.3 Å². The lowest BCUT2D eigenvalue weighted by Gasteiger charge is -2.03. The number of halogens is 1. The second kappa shape index (κ2) is 5.24. The van der Waals surface area contributed by atoms with E-state index in [1.165, 1.54) is 16.9 Å². The van der Waals surface area contributed by atoms with Crippen LogP contribution in [0.2, 0.25) is 0 Å². The third-order valence-electron chi connectivity index (χ3n) is 2.67. The monoisotopic (exact) mass is 282 g/mol. The normalized spacial score (nSPS) is 12.9. The summed E-state index contributed by atoms with van der Waals surface area (Å²) in [5, 5.41) is 2.76. The summed E-state index contributed by atoms with van der Waals surface area (Å²) in [6.45, 7) is 5.95. The van der Waals surface area contributed by atoms with Gasteiger partial charge in [-0.25, -0.2) is 4.98 Å². The van der Waals surface area contributed by atoms with Gasteiger partial charge in [0.25, 0.3) is 0 Å². The first-order valence-electron chi connectivity index (χ1n) is 5.83. The molecule has 0 spiro atoms. The number of amides is 1. The molecule has 0 saturated heterocycles. The van der Waals surface area contributed by atoms with Gasteiger partial charge in [-0.2, -0.15) is 0 Å². The van der Waals surface area contributed by atoms with Crippen molar-refractivity contribution in [2.75, 3.05) is 5.32 Å². The predicted molar refractivity (Wildman–Crippen MR) is 77.7 cm³/mol. The molecule has 1 unspecified atom stereocenters. The molecule has 0 fully saturated rings. The summed E-state index contributed by atoms with van der Waals surface area (Å²) in [7, 11) is 0. The molecule has 0 bridgehead atoms. The molecule has 1 aromatic carbocycles. The molecule has 2 aromatic rings. The van der Waals surface area contributed by atoms with Crippen molar-refractivity contribution in [1.29, 1.82) is 0 Å². The number of rotatable bonds is 3. The van der Waals surface area contributed by atoms with Gasteiger partial charge in [0.05, 0.1) is 10.2 Å². The number of nitrogens with zero attached hydrogens (tertiary/aromatic N) is 1. The van der Waals surface area contributed by atoms with E-state index in [-0.39, 0.29) is 5.91 Å². The Balaban J connectivity index is 2.30. The largest absolute Gasteiger partial charge is 0.301 e. The van der Waals surface area contributed by atoms with E-state index in [1.54, 1.807) is 6.92 Å². The van der Waals surface area contributed by atoms with Crippen molar-refractivity contribution in [3.8, 4) is 0 Å². The fraction of sp³-hybridized carbons (Fsp3) is 0.385. The zero-order chi connectivity index (χ0) is 13.3. The molecule has 2 rings (SSSR count). The molecule has 0 saturated carbocycles. The first-order chi connectivity index (χ1) is 8.47. The summed E-state index contributed by atoms with van der Waals surface area (Å²) < 4.78 is 1.08. The number of fused-ring (bicyclic) bond motifs is 1. The second-order valence-electron chi connectivity index (χ2n) is 4.51. The number of hydrogen-bond donors (Lipinski definition) is 1. The maximum atomic E-state index is 11.5. The number of hydrogen-bond acceptors (Lipinski definition) is 3. The van der Waals surface area contributed by atoms with Crippen LogP contribution in [0.1, 0.15) is 32.3 Å². The molecule has 18 heavy (non-hydrogen) atoms. The van der Waals surface area contributed by atoms with E-state index in [2.05, 4.69) is 36.3 Å². The Morgan fingerprint density at radius 2 is 2.11 bits per heavy atom. The highest BCUT2D eigenvalue weighted by Crippen LogP contribution is 2.29. The third-order valence-corrected chi connectivity index (χ3v) is 3.80. The summed E-state index contributed by atoms with van der Waals surface area (Å²) in [4.78, 5) is 15.9. The quantitative estimate of drug-likeness (QED) is 0.865. The maximum Gasteiger partial charge on any atom is 0.243 e. The zero-order valence-corrected chi connectivity index (χ0v) is 12.1. The van der Waals surface area contributed by atoms with Gasteiger partial charge < -0.3 is 5.32 Å². The minimum absolute atomic E-state index is 0.222. The van der Waals surface area contributed by atoms with Gasteiger partial charge in [0.1, 0.15) is 5.38 Å². The Morgan fingerprint density at radius 1 is 1.39 bits per heavy atom. The molecule has 0 aliphatic rings. The lowest BCUT2D eigenvalue weighted by molar-refractivity contribution is -0.115. The molecule has 1 aromatic heterocycles. The number of benzene rings is 1. The Labute approximate surface area is 115 Å². The van der Waals surface area contributed by atoms with E-state index in [9.17, 15) is 4.79 Å². The topological polar surface area (TPSA) is 42.0 Å². The second-order valence-corrected chi connectivity index (χ2v) is 6.19. The fourth-order valence-corrected chi connectivity index (χ4v) is 2.53. The van der Waals surface area contributed by atoms with Crippen molar-refractivity contribution in [3.63, 3.8) is 0 Å². The van der Waals surface area contributed by atoms with E-state index < -0.39 is 5.38 Å². The molecule has 0 radical (unpaired) electrons. The van der Waals surface area contributed by atoms with Crippen LogP contribution in [-0.4, -0.2) is 16.3 Å². The van der Waals surface area contributed by atoms with Crippen LogP contribution in [0.3, 0.4) is 0 Å². The van der Waals surface area contributed by atoms with Crippen LogP contribution in [0, 0.1) is 0 Å². The highest BCUT2D eigenvalue weighted by Gasteiger charge is 2.12. The number of nitrogens with one attached hydrogen (secondary N) is 1. The van der Waals surface area contributed by atoms with Crippen LogP contribution in [0.25, 0.3) is 10.2 Å². The van der Waals surface area contributed by atoms with E-state index in [0.29, 0.717) is 11.0 Å². The average Bonchev–Trinajstić information content (AvgIpc) is 2.69. The van der Waals surface area contributed by atoms with Gasteiger partial charge in [0, 0.05) is 0 Å². The van der Waals surface area contributed by atoms with Crippen molar-refractivity contribution >= 4 is 44.2 Å². The number of anilines is 1. The van der Waals surface area contributed by atoms with Gasteiger partial charge in [0.2, 0.25) is 5.91 Å². The molecule has 0 aliphatic heterocycles. The Hall–Kier alpha value is -1.13. The molecule has 0 aliphatic carbocycles. The molecular weight excluding hydrogens is 268 g/mol. The summed E-state index contributed by atoms with van der Waals surface area (Å²) in [6.07, 6.45) is 0. The molecule has 1 heterocycles. The van der Waals surface area contributed by atoms with Crippen LogP contribution < -0.4 is 5.32 Å². The van der Waals surface area contributed by atoms with Gasteiger partial charge in [-0.05, 0) is 30.5 Å². The molecule has 5 heteroatoms. The van der Waals surface area contributed by atoms with E-state index in [4.69, 9.17) is 11.6 Å². The van der Waals surface area contributed by atoms with Crippen LogP contribution in [0.5, 0.6) is 0 Å². The Kier molecular flexibility index (Phi) is 3.88. The van der Waals surface area contributed by atoms with Gasteiger partial charge in [-0.15, -0.1) is 11.6 Å². The molecule has 1 amide bonds. The van der Waals surface area contributed by atoms with Gasteiger partial charge >= 0.3 is 0 Å². The summed E-state index contributed by atoms with van der Waals surface area (Å²) in [6, 6.07) is 6.18. The number of alkyl halides is 1. The van der Waals surface area contributed by atoms with Gasteiger partial charge in [0.15, 0.2) is 5.13 Å². The highest BCUT2D eigenvalue weighted by atomic mass is 35.5. The van der Waals surface area contributed by atoms with Crippen LogP contribution >= 0.6 is 22.9 Å². The zero-order valence-electron chi connectivity index (χ0n) is 10.5. The van der Waals surface area contributed by atoms with Crippen molar-refractivity contribution in [1.82, 2.24) is 4.98 Å². The number of thiazole rings is 1. The van der Waals surface area contributed by atoms with E-state index >= 15 is 0 Å². The average molecular weight is 283 g/mol. The SMILES string of the molecule is CC(Cl)C(=O)Nc1nc2ccc(C(C)C)cc2s1. The summed E-state index contributed by atoms with van der Waals surface area (Å²) >= 11 is 7.18. The standard InChI is InChI=1S/C13H15ClN2OS/c1-7(2)9-4-5-10-11(6-9)18-13(15-10)16-12(17)8(3)14/h4-8H,1-3H3,(H,15,16,17). The summed E-state index contributed by atoms with van der Waals surface area (Å²) in [5.41, 5.74) is 2.18. The minimum atomic E-state index is -0.553. The Morgan fingerprint density at radius 3 is 2.72 bits per heavy atom. The first kappa shape index (κ1) is 13.3. The molecule has 3 nitrogen and oxygen atoms in total. The van der Waals surface area contributed by atoms with E-state index in [1.807, 2.05) is 6.07 Å². The number of aromatic nitrogens is 1. The maximum absolute atomic E-state index is 11.5. The van der Waals surface area contributed by atoms with Crippen LogP contribution in [0.4, 0.5) is 5.13 Å². The number of carbonyl (C=O) groups excluding carboxylic acids is 1. The molecule has 1 N–H and O–H groups in total. The van der Waals surface area contributed by atoms with Crippen LogP contribution in [0.15, 0.2) is 18.2 Å². The minimum Gasteiger partial charge on any atom is -0.301 e. The molecule has 1 atom stereocenters. The van der Waals surface area contributed by atoms with Crippen molar-refractivity contribution in [2.24, 2.45) is 0 Å². The lowest BCUT2D eigenvalue weighted by Crippen LogP contribution is -2.19. The van der Waals surface area contributed by atoms with Gasteiger partial charge in [-0.3, -0.25) is 4.79 Å². The van der Waals surface area contributed by atoms with Crippen LogP contribution in [-0.2, 0) is 4.79 Å². The predicted octanol–water partition coefficient (Wildman–Crippen LogP) is 3.99. The molecule has 96 valence electrons. The first-order valence-corrected chi connectivity index (χ1v) is 7.08. The fourth-order valence-electron chi connectivity index (χ4n) is 1.56. The Bertz CT molecular complexity index is 577. The lowest BCUT2D eigenvalue weighted by atomic mass is 10.0. The smallest absolute Gasteiger partial charge is 0.243 e. The van der Waals surface area contributed by atoms with E-state index in [0.717, 1.165) is 10.2 Å².